The lowest BCUT2D eigenvalue weighted by atomic mass is 9.76. The van der Waals surface area contributed by atoms with Crippen LogP contribution in [0.5, 0.6) is 0 Å². The van der Waals surface area contributed by atoms with Crippen LogP contribution >= 0.6 is 11.6 Å². The first-order valence-corrected chi connectivity index (χ1v) is 5.59. The molecule has 5 heteroatoms. The van der Waals surface area contributed by atoms with Gasteiger partial charge in [0.25, 0.3) is 0 Å². The lowest BCUT2D eigenvalue weighted by molar-refractivity contribution is -0.485. The second-order valence-electron chi connectivity index (χ2n) is 4.53. The Morgan fingerprint density at radius 2 is 2.06 bits per heavy atom. The summed E-state index contributed by atoms with van der Waals surface area (Å²) in [6, 6.07) is 6.91. The minimum Gasteiger partial charge on any atom is -0.303 e. The topological polar surface area (TPSA) is 60.2 Å². The average Bonchev–Trinajstić information content (AvgIpc) is 2.26. The first kappa shape index (κ1) is 13.6. The van der Waals surface area contributed by atoms with Crippen molar-refractivity contribution in [2.45, 2.75) is 19.8 Å². The van der Waals surface area contributed by atoms with Crippen molar-refractivity contribution in [2.24, 2.45) is 5.41 Å². The Hall–Kier alpha value is -1.42. The van der Waals surface area contributed by atoms with E-state index in [1.807, 2.05) is 0 Å². The second kappa shape index (κ2) is 5.27. The van der Waals surface area contributed by atoms with Crippen LogP contribution in [-0.2, 0) is 4.79 Å². The molecule has 1 aromatic rings. The van der Waals surface area contributed by atoms with Crippen LogP contribution in [0.4, 0.5) is 0 Å². The van der Waals surface area contributed by atoms with Gasteiger partial charge in [-0.2, -0.15) is 0 Å². The van der Waals surface area contributed by atoms with Crippen LogP contribution in [0.2, 0.25) is 5.02 Å². The van der Waals surface area contributed by atoms with Gasteiger partial charge in [-0.3, -0.25) is 10.1 Å². The van der Waals surface area contributed by atoms with Gasteiger partial charge in [0.2, 0.25) is 6.54 Å². The van der Waals surface area contributed by atoms with Gasteiger partial charge >= 0.3 is 0 Å². The van der Waals surface area contributed by atoms with Gasteiger partial charge in [0.05, 0.1) is 5.92 Å². The molecule has 0 saturated carbocycles. The Morgan fingerprint density at radius 3 is 2.53 bits per heavy atom. The molecule has 1 aromatic carbocycles. The highest BCUT2D eigenvalue weighted by atomic mass is 35.5. The number of carbonyl (C=O) groups is 1. The Morgan fingerprint density at radius 1 is 1.47 bits per heavy atom. The van der Waals surface area contributed by atoms with Crippen LogP contribution in [0.15, 0.2) is 24.3 Å². The highest BCUT2D eigenvalue weighted by molar-refractivity contribution is 6.31. The van der Waals surface area contributed by atoms with Crippen LogP contribution in [0.25, 0.3) is 0 Å². The summed E-state index contributed by atoms with van der Waals surface area (Å²) >= 11 is 6.03. The van der Waals surface area contributed by atoms with E-state index in [-0.39, 0.29) is 6.54 Å². The van der Waals surface area contributed by atoms with Crippen molar-refractivity contribution in [1.82, 2.24) is 0 Å². The number of aldehydes is 1. The van der Waals surface area contributed by atoms with E-state index in [0.29, 0.717) is 10.6 Å². The van der Waals surface area contributed by atoms with E-state index in [1.54, 1.807) is 38.1 Å². The van der Waals surface area contributed by atoms with Gasteiger partial charge < -0.3 is 4.79 Å². The summed E-state index contributed by atoms with van der Waals surface area (Å²) in [5, 5.41) is 11.2. The van der Waals surface area contributed by atoms with Crippen LogP contribution in [0.3, 0.4) is 0 Å². The molecule has 0 bridgehead atoms. The van der Waals surface area contributed by atoms with E-state index in [4.69, 9.17) is 11.6 Å². The molecule has 4 nitrogen and oxygen atoms in total. The molecule has 0 N–H and O–H groups in total. The van der Waals surface area contributed by atoms with Crippen molar-refractivity contribution in [2.75, 3.05) is 6.54 Å². The molecule has 17 heavy (non-hydrogen) atoms. The van der Waals surface area contributed by atoms with Crippen molar-refractivity contribution in [3.05, 3.63) is 45.0 Å². The summed E-state index contributed by atoms with van der Waals surface area (Å²) < 4.78 is 0. The molecular formula is C12H14ClNO3. The SMILES string of the molecule is CC(C)(C=O)[C@H](C[N+](=O)[O-])c1ccccc1Cl. The molecule has 0 aliphatic heterocycles. The van der Waals surface area contributed by atoms with Gasteiger partial charge in [0.1, 0.15) is 6.29 Å². The molecule has 0 aliphatic rings. The Labute approximate surface area is 105 Å². The van der Waals surface area contributed by atoms with Gasteiger partial charge in [0.15, 0.2) is 0 Å². The maximum Gasteiger partial charge on any atom is 0.211 e. The fraction of sp³-hybridized carbons (Fsp3) is 0.417. The van der Waals surface area contributed by atoms with E-state index in [1.165, 1.54) is 0 Å². The summed E-state index contributed by atoms with van der Waals surface area (Å²) in [5.74, 6) is -0.524. The first-order chi connectivity index (χ1) is 7.88. The zero-order chi connectivity index (χ0) is 13.1. The molecule has 0 aliphatic carbocycles. The van der Waals surface area contributed by atoms with Crippen LogP contribution in [-0.4, -0.2) is 17.8 Å². The molecule has 0 unspecified atom stereocenters. The molecule has 0 saturated heterocycles. The van der Waals surface area contributed by atoms with Crippen molar-refractivity contribution in [1.29, 1.82) is 0 Å². The lowest BCUT2D eigenvalue weighted by Crippen LogP contribution is -2.29. The van der Waals surface area contributed by atoms with Gasteiger partial charge in [-0.05, 0) is 11.6 Å². The fourth-order valence-corrected chi connectivity index (χ4v) is 1.99. The molecule has 1 atom stereocenters. The van der Waals surface area contributed by atoms with Gasteiger partial charge in [-0.25, -0.2) is 0 Å². The number of carbonyl (C=O) groups excluding carboxylic acids is 1. The quantitative estimate of drug-likeness (QED) is 0.462. The molecule has 0 aromatic heterocycles. The predicted octanol–water partition coefficient (Wildman–Crippen LogP) is 2.93. The Bertz CT molecular complexity index is 432. The summed E-state index contributed by atoms with van der Waals surface area (Å²) in [6.07, 6.45) is 0.741. The number of hydrogen-bond donors (Lipinski definition) is 0. The lowest BCUT2D eigenvalue weighted by Gasteiger charge is -2.27. The highest BCUT2D eigenvalue weighted by Gasteiger charge is 2.35. The van der Waals surface area contributed by atoms with Gasteiger partial charge in [-0.1, -0.05) is 43.6 Å². The first-order valence-electron chi connectivity index (χ1n) is 5.21. The number of rotatable bonds is 5. The number of nitro groups is 1. The Balaban J connectivity index is 3.20. The molecule has 0 spiro atoms. The standard InChI is InChI=1S/C12H14ClNO3/c1-12(2,8-15)10(7-14(16)17)9-5-3-4-6-11(9)13/h3-6,8,10H,7H2,1-2H3/t10-/m1/s1. The number of halogens is 1. The third-order valence-corrected chi connectivity index (χ3v) is 3.16. The molecule has 92 valence electrons. The van der Waals surface area contributed by atoms with E-state index < -0.39 is 16.3 Å². The van der Waals surface area contributed by atoms with Crippen LogP contribution < -0.4 is 0 Å². The molecule has 1 rings (SSSR count). The predicted molar refractivity (Wildman–Crippen MR) is 65.9 cm³/mol. The fourth-order valence-electron chi connectivity index (χ4n) is 1.72. The zero-order valence-electron chi connectivity index (χ0n) is 9.72. The molecular weight excluding hydrogens is 242 g/mol. The molecule has 0 radical (unpaired) electrons. The molecule has 0 fully saturated rings. The Kier molecular flexibility index (Phi) is 4.23. The van der Waals surface area contributed by atoms with E-state index in [0.717, 1.165) is 6.29 Å². The summed E-state index contributed by atoms with van der Waals surface area (Å²) in [4.78, 5) is 21.4. The largest absolute Gasteiger partial charge is 0.303 e. The summed E-state index contributed by atoms with van der Waals surface area (Å²) in [5.41, 5.74) is -0.180. The molecule has 0 heterocycles. The van der Waals surface area contributed by atoms with Gasteiger partial charge in [-0.15, -0.1) is 0 Å². The smallest absolute Gasteiger partial charge is 0.211 e. The van der Waals surface area contributed by atoms with Crippen molar-refractivity contribution in [3.8, 4) is 0 Å². The average molecular weight is 256 g/mol. The maximum absolute atomic E-state index is 11.1. The zero-order valence-corrected chi connectivity index (χ0v) is 10.5. The normalized spacial score (nSPS) is 13.1. The van der Waals surface area contributed by atoms with Crippen molar-refractivity contribution >= 4 is 17.9 Å². The summed E-state index contributed by atoms with van der Waals surface area (Å²) in [7, 11) is 0. The second-order valence-corrected chi connectivity index (χ2v) is 4.94. The third-order valence-electron chi connectivity index (χ3n) is 2.81. The van der Waals surface area contributed by atoms with Gasteiger partial charge in [0, 0.05) is 15.4 Å². The minimum atomic E-state index is -0.821. The number of hydrogen-bond acceptors (Lipinski definition) is 3. The number of benzene rings is 1. The number of nitrogens with zero attached hydrogens (tertiary/aromatic N) is 1. The third kappa shape index (κ3) is 3.27. The van der Waals surface area contributed by atoms with E-state index in [9.17, 15) is 14.9 Å². The maximum atomic E-state index is 11.1. The van der Waals surface area contributed by atoms with Crippen molar-refractivity contribution in [3.63, 3.8) is 0 Å². The summed E-state index contributed by atoms with van der Waals surface area (Å²) in [6.45, 7) is 3.05. The van der Waals surface area contributed by atoms with E-state index >= 15 is 0 Å². The van der Waals surface area contributed by atoms with Crippen molar-refractivity contribution < 1.29 is 9.72 Å². The minimum absolute atomic E-state index is 0.310. The monoisotopic (exact) mass is 255 g/mol. The van der Waals surface area contributed by atoms with Crippen LogP contribution in [0, 0.1) is 15.5 Å². The van der Waals surface area contributed by atoms with Crippen LogP contribution in [0.1, 0.15) is 25.3 Å². The highest BCUT2D eigenvalue weighted by Crippen LogP contribution is 2.37. The molecule has 0 amide bonds. The van der Waals surface area contributed by atoms with E-state index in [2.05, 4.69) is 0 Å².